The minimum Gasteiger partial charge on any atom is -0.456 e. The molecule has 0 bridgehead atoms. The molecule has 7 aromatic carbocycles. The van der Waals surface area contributed by atoms with Gasteiger partial charge < -0.3 is 4.42 Å². The van der Waals surface area contributed by atoms with Gasteiger partial charge in [-0.25, -0.2) is 4.98 Å². The second kappa shape index (κ2) is 10.5. The van der Waals surface area contributed by atoms with Crippen LogP contribution in [-0.2, 0) is 5.41 Å². The van der Waals surface area contributed by atoms with E-state index in [1.807, 2.05) is 12.3 Å². The zero-order valence-corrected chi connectivity index (χ0v) is 28.6. The molecule has 3 nitrogen and oxygen atoms in total. The van der Waals surface area contributed by atoms with Gasteiger partial charge in [-0.3, -0.25) is 4.57 Å². The van der Waals surface area contributed by atoms with E-state index >= 15 is 0 Å². The molecule has 10 aromatic rings. The number of hydrogen-bond donors (Lipinski definition) is 0. The number of nitrogens with zero attached hydrogens (tertiary/aromatic N) is 2. The van der Waals surface area contributed by atoms with Crippen molar-refractivity contribution in [3.8, 4) is 27.9 Å². The molecule has 53 heavy (non-hydrogen) atoms. The minimum atomic E-state index is -0.554. The molecule has 3 aromatic heterocycles. The normalized spacial score (nSPS) is 15.5. The first-order chi connectivity index (χ1) is 26.3. The van der Waals surface area contributed by atoms with Crippen LogP contribution in [0.25, 0.3) is 84.0 Å². The summed E-state index contributed by atoms with van der Waals surface area (Å²) in [6.07, 6.45) is 6.49. The molecule has 1 unspecified atom stereocenters. The van der Waals surface area contributed by atoms with Crippen molar-refractivity contribution >= 4 is 56.0 Å². The lowest BCUT2D eigenvalue weighted by Gasteiger charge is -2.35. The number of benzene rings is 7. The number of hydrogen-bond acceptors (Lipinski definition) is 2. The lowest BCUT2D eigenvalue weighted by atomic mass is 9.65. The van der Waals surface area contributed by atoms with Gasteiger partial charge in [0, 0.05) is 33.4 Å². The highest BCUT2D eigenvalue weighted by Crippen LogP contribution is 2.61. The highest BCUT2D eigenvalue weighted by molar-refractivity contribution is 6.16. The van der Waals surface area contributed by atoms with Gasteiger partial charge in [0.2, 0.25) is 0 Å². The number of para-hydroxylation sites is 2. The molecule has 0 fully saturated rings. The van der Waals surface area contributed by atoms with Crippen molar-refractivity contribution in [2.75, 3.05) is 0 Å². The lowest BCUT2D eigenvalue weighted by molar-refractivity contribution is 0.668. The van der Waals surface area contributed by atoms with E-state index in [0.717, 1.165) is 38.8 Å². The Balaban J connectivity index is 1.16. The topological polar surface area (TPSA) is 31.0 Å². The van der Waals surface area contributed by atoms with Crippen molar-refractivity contribution in [2.24, 2.45) is 0 Å². The quantitative estimate of drug-likeness (QED) is 0.183. The Morgan fingerprint density at radius 2 is 1.23 bits per heavy atom. The molecule has 0 amide bonds. The smallest absolute Gasteiger partial charge is 0.145 e. The van der Waals surface area contributed by atoms with Crippen LogP contribution in [0.2, 0.25) is 0 Å². The largest absolute Gasteiger partial charge is 0.456 e. The molecule has 0 radical (unpaired) electrons. The molecule has 1 spiro atoms. The van der Waals surface area contributed by atoms with Crippen molar-refractivity contribution in [3.63, 3.8) is 0 Å². The third-order valence-corrected chi connectivity index (χ3v) is 11.7. The predicted molar refractivity (Wildman–Crippen MR) is 218 cm³/mol. The molecule has 0 saturated carbocycles. The Morgan fingerprint density at radius 3 is 2.15 bits per heavy atom. The Kier molecular flexibility index (Phi) is 5.70. The molecule has 0 saturated heterocycles. The first-order valence-corrected chi connectivity index (χ1v) is 18.2. The van der Waals surface area contributed by atoms with Gasteiger partial charge in [0.05, 0.1) is 10.9 Å². The van der Waals surface area contributed by atoms with Crippen LogP contribution in [0.3, 0.4) is 0 Å². The SMILES string of the molecule is C1=Cc2ccc(-c3ccc4c(c3)c3cccnc3n4-c3ccccc3)cc2C2(c3ccccc31)c1ccccc1-c1c2ccc2oc3ccccc3c12. The molecule has 2 aliphatic carbocycles. The fourth-order valence-electron chi connectivity index (χ4n) is 9.54. The molecule has 2 aliphatic rings. The van der Waals surface area contributed by atoms with Crippen molar-refractivity contribution < 1.29 is 4.42 Å². The van der Waals surface area contributed by atoms with Gasteiger partial charge in [-0.2, -0.15) is 0 Å². The van der Waals surface area contributed by atoms with E-state index in [-0.39, 0.29) is 0 Å². The van der Waals surface area contributed by atoms with Crippen LogP contribution in [0.4, 0.5) is 0 Å². The van der Waals surface area contributed by atoms with E-state index in [9.17, 15) is 0 Å². The molecule has 0 N–H and O–H groups in total. The third kappa shape index (κ3) is 3.75. The van der Waals surface area contributed by atoms with Crippen molar-refractivity contribution in [1.82, 2.24) is 9.55 Å². The summed E-state index contributed by atoms with van der Waals surface area (Å²) in [5, 5.41) is 4.67. The van der Waals surface area contributed by atoms with Gasteiger partial charge in [0.1, 0.15) is 16.8 Å². The summed E-state index contributed by atoms with van der Waals surface area (Å²) in [7, 11) is 0. The van der Waals surface area contributed by atoms with E-state index in [0.29, 0.717) is 0 Å². The number of pyridine rings is 1. The van der Waals surface area contributed by atoms with Crippen LogP contribution >= 0.6 is 0 Å². The van der Waals surface area contributed by atoms with Crippen molar-refractivity contribution in [1.29, 1.82) is 0 Å². The van der Waals surface area contributed by atoms with Gasteiger partial charge in [-0.1, -0.05) is 121 Å². The molecule has 3 heteroatoms. The van der Waals surface area contributed by atoms with Gasteiger partial charge in [0.25, 0.3) is 0 Å². The fourth-order valence-corrected chi connectivity index (χ4v) is 9.54. The summed E-state index contributed by atoms with van der Waals surface area (Å²) >= 11 is 0. The number of fused-ring (bicyclic) bond motifs is 16. The Hall–Kier alpha value is -6.97. The van der Waals surface area contributed by atoms with Crippen LogP contribution in [0.5, 0.6) is 0 Å². The second-order valence-electron chi connectivity index (χ2n) is 14.3. The maximum absolute atomic E-state index is 6.49. The van der Waals surface area contributed by atoms with Crippen molar-refractivity contribution in [3.05, 3.63) is 203 Å². The zero-order valence-electron chi connectivity index (χ0n) is 28.6. The molecular formula is C50H30N2O. The van der Waals surface area contributed by atoms with Gasteiger partial charge in [-0.15, -0.1) is 0 Å². The maximum Gasteiger partial charge on any atom is 0.145 e. The van der Waals surface area contributed by atoms with Crippen LogP contribution in [0.15, 0.2) is 174 Å². The molecule has 1 atom stereocenters. The highest BCUT2D eigenvalue weighted by Gasteiger charge is 2.49. The maximum atomic E-state index is 6.49. The van der Waals surface area contributed by atoms with Gasteiger partial charge >= 0.3 is 0 Å². The van der Waals surface area contributed by atoms with Crippen LogP contribution in [0.1, 0.15) is 33.4 Å². The summed E-state index contributed by atoms with van der Waals surface area (Å²) in [5.41, 5.74) is 17.0. The first-order valence-electron chi connectivity index (χ1n) is 18.2. The number of rotatable bonds is 2. The van der Waals surface area contributed by atoms with E-state index < -0.39 is 5.41 Å². The fraction of sp³-hybridized carbons (Fsp3) is 0.0200. The van der Waals surface area contributed by atoms with Gasteiger partial charge in [0.15, 0.2) is 0 Å². The summed E-state index contributed by atoms with van der Waals surface area (Å²) in [4.78, 5) is 4.86. The molecule has 246 valence electrons. The Morgan fingerprint density at radius 1 is 0.491 bits per heavy atom. The lowest BCUT2D eigenvalue weighted by Crippen LogP contribution is -2.30. The zero-order chi connectivity index (χ0) is 34.7. The number of furan rings is 1. The monoisotopic (exact) mass is 674 g/mol. The third-order valence-electron chi connectivity index (χ3n) is 11.7. The highest BCUT2D eigenvalue weighted by atomic mass is 16.3. The average Bonchev–Trinajstić information content (AvgIpc) is 3.83. The molecule has 12 rings (SSSR count). The van der Waals surface area contributed by atoms with Crippen molar-refractivity contribution in [2.45, 2.75) is 5.41 Å². The summed E-state index contributed by atoms with van der Waals surface area (Å²) in [6.45, 7) is 0. The van der Waals surface area contributed by atoms with E-state index in [1.165, 1.54) is 66.4 Å². The van der Waals surface area contributed by atoms with E-state index in [1.54, 1.807) is 0 Å². The average molecular weight is 675 g/mol. The summed E-state index contributed by atoms with van der Waals surface area (Å²) in [5.74, 6) is 0. The van der Waals surface area contributed by atoms with E-state index in [4.69, 9.17) is 9.40 Å². The minimum absolute atomic E-state index is 0.554. The van der Waals surface area contributed by atoms with Crippen LogP contribution in [-0.4, -0.2) is 9.55 Å². The second-order valence-corrected chi connectivity index (χ2v) is 14.3. The Labute approximate surface area is 305 Å². The molecule has 0 aliphatic heterocycles. The van der Waals surface area contributed by atoms with Crippen LogP contribution < -0.4 is 0 Å². The van der Waals surface area contributed by atoms with Gasteiger partial charge in [-0.05, 0) is 110 Å². The molecule has 3 heterocycles. The first kappa shape index (κ1) is 28.7. The predicted octanol–water partition coefficient (Wildman–Crippen LogP) is 12.6. The molecular weight excluding hydrogens is 645 g/mol. The van der Waals surface area contributed by atoms with E-state index in [2.05, 4.69) is 174 Å². The van der Waals surface area contributed by atoms with Crippen LogP contribution in [0, 0.1) is 0 Å². The summed E-state index contributed by atoms with van der Waals surface area (Å²) < 4.78 is 8.76. The standard InChI is InChI=1S/C50H30N2O/c1-2-12-35(13-3-1)52-44-26-24-33(29-39(44)36-16-10-28-51-49(36)52)34-23-22-32-21-20-31-11-4-7-17-40(31)50(43(32)30-34)41-18-8-5-14-37(41)47-42(50)25-27-46-48(47)38-15-6-9-19-45(38)53-46/h1-30H. The number of aromatic nitrogens is 2. The summed E-state index contributed by atoms with van der Waals surface area (Å²) in [6, 6.07) is 59.6. The Bertz CT molecular complexity index is 3180.